The lowest BCUT2D eigenvalue weighted by Gasteiger charge is -2.23. The highest BCUT2D eigenvalue weighted by Gasteiger charge is 2.33. The molecule has 11 heteroatoms. The third kappa shape index (κ3) is 13.5. The number of rotatable bonds is 22. The molecule has 0 aliphatic carbocycles. The van der Waals surface area contributed by atoms with Crippen molar-refractivity contribution in [1.29, 1.82) is 0 Å². The summed E-state index contributed by atoms with van der Waals surface area (Å²) in [6.07, 6.45) is 33.7. The molecule has 0 fully saturated rings. The summed E-state index contributed by atoms with van der Waals surface area (Å²) in [5, 5.41) is 18.0. The molecule has 16 rings (SSSR count). The summed E-state index contributed by atoms with van der Waals surface area (Å²) in [6.45, 7) is 24.1. The summed E-state index contributed by atoms with van der Waals surface area (Å²) in [6, 6.07) is 61.4. The summed E-state index contributed by atoms with van der Waals surface area (Å²) in [7, 11) is 0. The number of hydrogen-bond acceptors (Lipinski definition) is 3. The van der Waals surface area contributed by atoms with Gasteiger partial charge in [0.25, 0.3) is 5.52 Å². The minimum atomic E-state index is 0.562. The van der Waals surface area contributed by atoms with E-state index in [0.29, 0.717) is 15.1 Å². The van der Waals surface area contributed by atoms with Crippen molar-refractivity contribution in [2.45, 2.75) is 126 Å². The van der Waals surface area contributed by atoms with Gasteiger partial charge in [-0.05, 0) is 128 Å². The van der Waals surface area contributed by atoms with E-state index in [1.54, 1.807) is 0 Å². The van der Waals surface area contributed by atoms with E-state index in [4.69, 9.17) is 39.2 Å². The molecule has 0 bridgehead atoms. The molecule has 0 atom stereocenters. The van der Waals surface area contributed by atoms with E-state index in [-0.39, 0.29) is 0 Å². The number of oxazole rings is 1. The summed E-state index contributed by atoms with van der Waals surface area (Å²) < 4.78 is 18.3. The fourth-order valence-electron chi connectivity index (χ4n) is 15.8. The Morgan fingerprint density at radius 2 is 0.874 bits per heavy atom. The molecule has 3 aromatic heterocycles. The first-order valence-electron chi connectivity index (χ1n) is 37.4. The van der Waals surface area contributed by atoms with Crippen LogP contribution < -0.4 is 25.1 Å². The van der Waals surface area contributed by atoms with Crippen molar-refractivity contribution >= 4 is 163 Å². The van der Waals surface area contributed by atoms with Crippen molar-refractivity contribution in [3.05, 3.63) is 273 Å². The number of fused-ring (bicyclic) bond motifs is 2. The Morgan fingerprint density at radius 1 is 0.427 bits per heavy atom. The molecule has 0 amide bonds. The standard InChI is InChI=1S/C35H35N2.C33H33N2.C24H25Cl3N3O/c1-3-5-24-36-30(28-18-10-14-26-16-12-22-32(36)34(26)28)20-8-7-9-21-31-29-19-11-15-27-17-13-23-33(35(27)29)37(31)25-6-4-2;1-3-5-22-34-28(26-16-7-12-24-14-9-20-30(34)32(24)26)18-11-19-29-27-17-8-13-25-15-10-21-31(33(25)27)35(29)23-6-4-2;1-5-28-19-12-17(26)18(27)13-20(19)29(6-2)23(28)9-8-10-24-30(7-3)21-11-15(4)16(25)14-22(21)31-24/h7-23H,3-6,24-25H2,1-2H3;7-21H,3-6,22-23H2,1-2H3;8-14H,5-7H2,1-4H3/q3*+1. The molecule has 8 nitrogen and oxygen atoms in total. The van der Waals surface area contributed by atoms with E-state index >= 15 is 0 Å². The van der Waals surface area contributed by atoms with Crippen LogP contribution in [0.2, 0.25) is 15.1 Å². The zero-order valence-electron chi connectivity index (χ0n) is 60.8. The number of allylic oxidation sites excluding steroid dienone is 8. The maximum Gasteiger partial charge on any atom is 0.374 e. The minimum Gasteiger partial charge on any atom is -0.398 e. The molecule has 0 saturated heterocycles. The number of hydrogen-bond donors (Lipinski definition) is 0. The fraction of sp³-hybridized carbons (Fsp3) is 0.250. The first kappa shape index (κ1) is 70.3. The van der Waals surface area contributed by atoms with Gasteiger partial charge >= 0.3 is 5.89 Å². The van der Waals surface area contributed by atoms with Gasteiger partial charge in [-0.1, -0.05) is 222 Å². The van der Waals surface area contributed by atoms with Crippen LogP contribution in [0, 0.1) is 6.92 Å². The van der Waals surface area contributed by atoms with Gasteiger partial charge in [0.15, 0.2) is 0 Å². The molecule has 10 aromatic carbocycles. The topological polar surface area (TPSA) is 39.4 Å². The van der Waals surface area contributed by atoms with Crippen LogP contribution in [0.25, 0.3) is 94.2 Å². The third-order valence-electron chi connectivity index (χ3n) is 20.7. The van der Waals surface area contributed by atoms with E-state index in [0.717, 1.165) is 85.6 Å². The van der Waals surface area contributed by atoms with E-state index in [1.165, 1.54) is 161 Å². The highest BCUT2D eigenvalue weighted by molar-refractivity contribution is 6.42. The van der Waals surface area contributed by atoms with Crippen molar-refractivity contribution in [2.24, 2.45) is 0 Å². The van der Waals surface area contributed by atoms with Crippen LogP contribution in [0.4, 0.5) is 22.7 Å². The molecule has 6 heterocycles. The molecular formula is C92H93Cl3N7O+3. The third-order valence-corrected chi connectivity index (χ3v) is 21.9. The predicted molar refractivity (Wildman–Crippen MR) is 442 cm³/mol. The van der Waals surface area contributed by atoms with Gasteiger partial charge in [-0.25, -0.2) is 0 Å². The zero-order valence-corrected chi connectivity index (χ0v) is 63.1. The van der Waals surface area contributed by atoms with Gasteiger partial charge < -0.3 is 23.4 Å². The Labute approximate surface area is 621 Å². The molecule has 3 aliphatic heterocycles. The number of unbranched alkanes of at least 4 members (excludes halogenated alkanes) is 4. The van der Waals surface area contributed by atoms with Crippen LogP contribution in [0.5, 0.6) is 0 Å². The van der Waals surface area contributed by atoms with Crippen molar-refractivity contribution in [1.82, 2.24) is 9.13 Å². The summed E-state index contributed by atoms with van der Waals surface area (Å²) in [5.74, 6) is 1.86. The van der Waals surface area contributed by atoms with Crippen molar-refractivity contribution < 1.29 is 18.1 Å². The first-order valence-corrected chi connectivity index (χ1v) is 38.6. The van der Waals surface area contributed by atoms with Crippen molar-refractivity contribution in [3.8, 4) is 0 Å². The number of aromatic nitrogens is 3. The van der Waals surface area contributed by atoms with Crippen molar-refractivity contribution in [2.75, 3.05) is 36.0 Å². The molecule has 0 saturated carbocycles. The zero-order chi connectivity index (χ0) is 71.3. The predicted octanol–water partition coefficient (Wildman–Crippen LogP) is 23.3. The van der Waals surface area contributed by atoms with Crippen LogP contribution in [-0.4, -0.2) is 55.9 Å². The number of nitrogens with zero attached hydrogens (tertiary/aromatic N) is 7. The second-order valence-corrected chi connectivity index (χ2v) is 28.3. The maximum atomic E-state index is 6.30. The Hall–Kier alpha value is -9.70. The molecule has 103 heavy (non-hydrogen) atoms. The maximum absolute atomic E-state index is 6.30. The van der Waals surface area contributed by atoms with Gasteiger partial charge in [-0.2, -0.15) is 13.7 Å². The van der Waals surface area contributed by atoms with Crippen LogP contribution >= 0.6 is 34.8 Å². The molecule has 13 aromatic rings. The molecule has 520 valence electrons. The van der Waals surface area contributed by atoms with Crippen LogP contribution in [-0.2, 0) is 19.6 Å². The number of benzene rings is 10. The van der Waals surface area contributed by atoms with E-state index in [9.17, 15) is 0 Å². The summed E-state index contributed by atoms with van der Waals surface area (Å²) in [5.41, 5.74) is 15.7. The lowest BCUT2D eigenvalue weighted by Crippen LogP contribution is -2.33. The average Bonchev–Trinajstić information content (AvgIpc) is 1.65. The first-order chi connectivity index (χ1) is 50.5. The Kier molecular flexibility index (Phi) is 21.5. The number of anilines is 2. The molecular weight excluding hydrogens is 1330 g/mol. The molecule has 0 N–H and O–H groups in total. The lowest BCUT2D eigenvalue weighted by molar-refractivity contribution is -0.674. The normalized spacial score (nSPS) is 14.0. The van der Waals surface area contributed by atoms with Gasteiger partial charge in [0.1, 0.15) is 25.5 Å². The van der Waals surface area contributed by atoms with Gasteiger partial charge in [-0.3, -0.25) is 0 Å². The van der Waals surface area contributed by atoms with Gasteiger partial charge in [0, 0.05) is 124 Å². The highest BCUT2D eigenvalue weighted by atomic mass is 35.5. The average molecular weight is 1420 g/mol. The van der Waals surface area contributed by atoms with Crippen LogP contribution in [0.1, 0.15) is 122 Å². The largest absolute Gasteiger partial charge is 0.398 e. The Bertz CT molecular complexity index is 5670. The number of aryl methyl sites for hydroxylation is 4. The van der Waals surface area contributed by atoms with Crippen LogP contribution in [0.15, 0.2) is 229 Å². The van der Waals surface area contributed by atoms with Crippen molar-refractivity contribution in [3.63, 3.8) is 0 Å². The molecule has 0 radical (unpaired) electrons. The van der Waals surface area contributed by atoms with Crippen LogP contribution in [0.3, 0.4) is 0 Å². The highest BCUT2D eigenvalue weighted by Crippen LogP contribution is 2.46. The summed E-state index contributed by atoms with van der Waals surface area (Å²) in [4.78, 5) is 4.47. The second-order valence-electron chi connectivity index (χ2n) is 27.1. The Morgan fingerprint density at radius 3 is 1.36 bits per heavy atom. The number of halogens is 3. The lowest BCUT2D eigenvalue weighted by atomic mass is 10.0. The minimum absolute atomic E-state index is 0.562. The van der Waals surface area contributed by atoms with E-state index in [2.05, 4.69) is 287 Å². The Balaban J connectivity index is 0.000000131. The fourth-order valence-corrected chi connectivity index (χ4v) is 16.2. The second kappa shape index (κ2) is 31.5. The molecule has 0 unspecified atom stereocenters. The van der Waals surface area contributed by atoms with Gasteiger partial charge in [-0.15, -0.1) is 0 Å². The smallest absolute Gasteiger partial charge is 0.374 e. The quantitative estimate of drug-likeness (QED) is 0.0501. The van der Waals surface area contributed by atoms with Gasteiger partial charge in [0.2, 0.25) is 28.4 Å². The molecule has 0 spiro atoms. The van der Waals surface area contributed by atoms with E-state index < -0.39 is 0 Å². The van der Waals surface area contributed by atoms with E-state index in [1.807, 2.05) is 37.3 Å². The summed E-state index contributed by atoms with van der Waals surface area (Å²) >= 11 is 18.9. The SMILES string of the molecule is CCCCn1c(=CC=CC2=[N+](CCCC)c3cccc4cccc2c34)c2cccc3cccc1c32.CCCCn1c(=CC=CC=CC2=[N+](CCCC)c3cccc4cccc2c34)c2cccc3cccc1c32.CCN1C(=CC=Cc2oc3cc(Cl)c(C)cc3[n+]2CC)N(CC)c2cc(Cl)c(Cl)cc21. The monoisotopic (exact) mass is 1420 g/mol. The van der Waals surface area contributed by atoms with Gasteiger partial charge in [0.05, 0.1) is 49.4 Å². The molecule has 3 aliphatic rings.